The average molecular weight is 418 g/mol. The quantitative estimate of drug-likeness (QED) is 0.455. The van der Waals surface area contributed by atoms with Crippen molar-refractivity contribution in [2.24, 2.45) is 0 Å². The average Bonchev–Trinajstić information content (AvgIpc) is 2.70. The maximum absolute atomic E-state index is 12.5. The lowest BCUT2D eigenvalue weighted by Gasteiger charge is -2.33. The van der Waals surface area contributed by atoms with Crippen LogP contribution in [0.1, 0.15) is 36.5 Å². The first-order chi connectivity index (χ1) is 14.3. The largest absolute Gasteiger partial charge is 0.466 e. The number of anilines is 1. The fraction of sp³-hybridized carbons (Fsp3) is 0.524. The first-order valence-corrected chi connectivity index (χ1v) is 10.1. The van der Waals surface area contributed by atoms with Gasteiger partial charge in [-0.1, -0.05) is 19.4 Å². The van der Waals surface area contributed by atoms with E-state index >= 15 is 0 Å². The van der Waals surface area contributed by atoms with Crippen molar-refractivity contribution >= 4 is 29.4 Å². The lowest BCUT2D eigenvalue weighted by molar-refractivity contribution is -0.149. The van der Waals surface area contributed by atoms with Crippen LogP contribution in [-0.2, 0) is 19.1 Å². The van der Waals surface area contributed by atoms with Gasteiger partial charge in [0.2, 0.25) is 11.8 Å². The first-order valence-electron chi connectivity index (χ1n) is 10.1. The van der Waals surface area contributed by atoms with Gasteiger partial charge in [-0.15, -0.1) is 0 Å². The van der Waals surface area contributed by atoms with E-state index in [2.05, 4.69) is 10.6 Å². The maximum Gasteiger partial charge on any atom is 0.307 e. The normalized spacial score (nSPS) is 16.5. The standard InChI is InChI=1S/C21H30N4O5/c1-4-5-11-30-19(27)13-17-20(28)22-9-10-25(17)14-18(26)23-16-8-6-7-15(12-16)21(29)24(2)3/h6-8,12,17H,4-5,9-11,13-14H2,1-3H3,(H,22,28)(H,23,26). The van der Waals surface area contributed by atoms with Gasteiger partial charge in [-0.2, -0.15) is 0 Å². The molecule has 1 fully saturated rings. The van der Waals surface area contributed by atoms with Gasteiger partial charge in [0.05, 0.1) is 19.6 Å². The topological polar surface area (TPSA) is 108 Å². The van der Waals surface area contributed by atoms with Gasteiger partial charge in [-0.3, -0.25) is 24.1 Å². The number of hydrogen-bond donors (Lipinski definition) is 2. The summed E-state index contributed by atoms with van der Waals surface area (Å²) >= 11 is 0. The lowest BCUT2D eigenvalue weighted by atomic mass is 10.1. The molecule has 1 saturated heterocycles. The summed E-state index contributed by atoms with van der Waals surface area (Å²) in [6, 6.07) is 5.91. The Labute approximate surface area is 176 Å². The Morgan fingerprint density at radius 2 is 2.07 bits per heavy atom. The van der Waals surface area contributed by atoms with Crippen LogP contribution in [0, 0.1) is 0 Å². The van der Waals surface area contributed by atoms with Crippen LogP contribution in [0.5, 0.6) is 0 Å². The summed E-state index contributed by atoms with van der Waals surface area (Å²) in [6.07, 6.45) is 1.57. The molecule has 30 heavy (non-hydrogen) atoms. The number of esters is 1. The predicted octanol–water partition coefficient (Wildman–Crippen LogP) is 0.861. The summed E-state index contributed by atoms with van der Waals surface area (Å²) in [6.45, 7) is 3.12. The molecular formula is C21H30N4O5. The van der Waals surface area contributed by atoms with E-state index in [1.165, 1.54) is 4.90 Å². The summed E-state index contributed by atoms with van der Waals surface area (Å²) in [5.41, 5.74) is 0.951. The number of carbonyl (C=O) groups is 4. The first kappa shape index (κ1) is 23.3. The molecule has 1 heterocycles. The molecule has 2 N–H and O–H groups in total. The molecule has 1 aromatic rings. The van der Waals surface area contributed by atoms with Gasteiger partial charge in [0.15, 0.2) is 0 Å². The molecule has 1 aliphatic rings. The number of rotatable bonds is 9. The molecule has 0 spiro atoms. The van der Waals surface area contributed by atoms with Gasteiger partial charge < -0.3 is 20.3 Å². The van der Waals surface area contributed by atoms with Crippen LogP contribution < -0.4 is 10.6 Å². The summed E-state index contributed by atoms with van der Waals surface area (Å²) in [5.74, 6) is -1.24. The Bertz CT molecular complexity index is 780. The Morgan fingerprint density at radius 1 is 1.30 bits per heavy atom. The van der Waals surface area contributed by atoms with Crippen molar-refractivity contribution in [3.05, 3.63) is 29.8 Å². The minimum Gasteiger partial charge on any atom is -0.466 e. The van der Waals surface area contributed by atoms with Gasteiger partial charge in [0, 0.05) is 38.4 Å². The third-order valence-electron chi connectivity index (χ3n) is 4.71. The third kappa shape index (κ3) is 6.84. The van der Waals surface area contributed by atoms with Crippen LogP contribution >= 0.6 is 0 Å². The molecule has 9 nitrogen and oxygen atoms in total. The molecule has 9 heteroatoms. The van der Waals surface area contributed by atoms with E-state index in [1.807, 2.05) is 6.92 Å². The van der Waals surface area contributed by atoms with Crippen LogP contribution in [0.4, 0.5) is 5.69 Å². The predicted molar refractivity (Wildman–Crippen MR) is 112 cm³/mol. The number of nitrogens with one attached hydrogen (secondary N) is 2. The summed E-state index contributed by atoms with van der Waals surface area (Å²) in [7, 11) is 3.31. The van der Waals surface area contributed by atoms with Gasteiger partial charge in [-0.05, 0) is 24.6 Å². The number of amides is 3. The van der Waals surface area contributed by atoms with Crippen molar-refractivity contribution < 1.29 is 23.9 Å². The van der Waals surface area contributed by atoms with E-state index in [-0.39, 0.29) is 30.7 Å². The SMILES string of the molecule is CCCCOC(=O)CC1C(=O)NCCN1CC(=O)Nc1cccc(C(=O)N(C)C)c1. The molecule has 0 radical (unpaired) electrons. The van der Waals surface area contributed by atoms with Crippen LogP contribution in [-0.4, -0.2) is 79.9 Å². The molecule has 0 saturated carbocycles. The molecule has 1 unspecified atom stereocenters. The summed E-state index contributed by atoms with van der Waals surface area (Å²) in [4.78, 5) is 52.1. The van der Waals surface area contributed by atoms with Crippen molar-refractivity contribution in [2.45, 2.75) is 32.2 Å². The van der Waals surface area contributed by atoms with Crippen LogP contribution in [0.25, 0.3) is 0 Å². The van der Waals surface area contributed by atoms with Crippen molar-refractivity contribution in [3.63, 3.8) is 0 Å². The van der Waals surface area contributed by atoms with Gasteiger partial charge in [0.25, 0.3) is 5.91 Å². The number of unbranched alkanes of at least 4 members (excludes halogenated alkanes) is 1. The Kier molecular flexibility index (Phi) is 8.79. The molecule has 1 aromatic carbocycles. The highest BCUT2D eigenvalue weighted by atomic mass is 16.5. The van der Waals surface area contributed by atoms with E-state index in [0.29, 0.717) is 30.9 Å². The molecule has 1 aliphatic heterocycles. The van der Waals surface area contributed by atoms with Crippen molar-refractivity contribution in [3.8, 4) is 0 Å². The Hall–Kier alpha value is -2.94. The van der Waals surface area contributed by atoms with E-state index in [4.69, 9.17) is 4.74 Å². The minimum atomic E-state index is -0.750. The van der Waals surface area contributed by atoms with Crippen molar-refractivity contribution in [1.82, 2.24) is 15.1 Å². The number of benzene rings is 1. The van der Waals surface area contributed by atoms with E-state index in [9.17, 15) is 19.2 Å². The van der Waals surface area contributed by atoms with Crippen LogP contribution in [0.2, 0.25) is 0 Å². The number of nitrogens with zero attached hydrogens (tertiary/aromatic N) is 2. The van der Waals surface area contributed by atoms with Crippen LogP contribution in [0.3, 0.4) is 0 Å². The van der Waals surface area contributed by atoms with Gasteiger partial charge in [-0.25, -0.2) is 0 Å². The molecule has 164 valence electrons. The maximum atomic E-state index is 12.5. The number of carbonyl (C=O) groups excluding carboxylic acids is 4. The number of piperazine rings is 1. The second-order valence-electron chi connectivity index (χ2n) is 7.38. The fourth-order valence-electron chi connectivity index (χ4n) is 3.09. The third-order valence-corrected chi connectivity index (χ3v) is 4.71. The zero-order valence-electron chi connectivity index (χ0n) is 17.8. The summed E-state index contributed by atoms with van der Waals surface area (Å²) in [5, 5.41) is 5.48. The van der Waals surface area contributed by atoms with Gasteiger partial charge in [0.1, 0.15) is 6.04 Å². The molecule has 3 amide bonds. The second kappa shape index (κ2) is 11.3. The van der Waals surface area contributed by atoms with Gasteiger partial charge >= 0.3 is 5.97 Å². The smallest absolute Gasteiger partial charge is 0.307 e. The Balaban J connectivity index is 1.98. The van der Waals surface area contributed by atoms with E-state index in [0.717, 1.165) is 12.8 Å². The molecule has 0 bridgehead atoms. The zero-order chi connectivity index (χ0) is 22.1. The second-order valence-corrected chi connectivity index (χ2v) is 7.38. The zero-order valence-corrected chi connectivity index (χ0v) is 17.8. The van der Waals surface area contributed by atoms with Crippen LogP contribution in [0.15, 0.2) is 24.3 Å². The fourth-order valence-corrected chi connectivity index (χ4v) is 3.09. The molecule has 0 aromatic heterocycles. The molecule has 1 atom stereocenters. The monoisotopic (exact) mass is 418 g/mol. The highest BCUT2D eigenvalue weighted by Crippen LogP contribution is 2.14. The van der Waals surface area contributed by atoms with E-state index < -0.39 is 12.0 Å². The van der Waals surface area contributed by atoms with Crippen molar-refractivity contribution in [2.75, 3.05) is 45.7 Å². The number of hydrogen-bond acceptors (Lipinski definition) is 6. The Morgan fingerprint density at radius 3 is 2.77 bits per heavy atom. The molecule has 0 aliphatic carbocycles. The highest BCUT2D eigenvalue weighted by Gasteiger charge is 2.33. The summed E-state index contributed by atoms with van der Waals surface area (Å²) < 4.78 is 5.16. The molecular weight excluding hydrogens is 388 g/mol. The minimum absolute atomic E-state index is 0.0494. The highest BCUT2D eigenvalue weighted by molar-refractivity contribution is 5.97. The molecule has 2 rings (SSSR count). The lowest BCUT2D eigenvalue weighted by Crippen LogP contribution is -2.57. The number of ether oxygens (including phenoxy) is 1. The van der Waals surface area contributed by atoms with E-state index in [1.54, 1.807) is 43.3 Å². The van der Waals surface area contributed by atoms with Crippen molar-refractivity contribution in [1.29, 1.82) is 0 Å².